The van der Waals surface area contributed by atoms with E-state index in [1.165, 1.54) is 0 Å². The van der Waals surface area contributed by atoms with Gasteiger partial charge in [0.25, 0.3) is 0 Å². The number of hydrogen-bond donors (Lipinski definition) is 2. The first-order valence-electron chi connectivity index (χ1n) is 3.17. The van der Waals surface area contributed by atoms with Gasteiger partial charge in [0.05, 0.1) is 0 Å². The molecule has 2 nitrogen and oxygen atoms in total. The maximum Gasteiger partial charge on any atom is 0.320 e. The van der Waals surface area contributed by atoms with Gasteiger partial charge in [-0.05, 0) is 17.6 Å². The predicted octanol–water partition coefficient (Wildman–Crippen LogP) is 0.213. The number of rotatable bonds is 1. The maximum absolute atomic E-state index is 9.04. The molecule has 2 N–H and O–H groups in total. The van der Waals surface area contributed by atoms with Crippen LogP contribution in [-0.2, 0) is 0 Å². The summed E-state index contributed by atoms with van der Waals surface area (Å²) in [5, 5.41) is 18.0. The van der Waals surface area contributed by atoms with Crippen molar-refractivity contribution in [1.82, 2.24) is 0 Å². The van der Waals surface area contributed by atoms with Gasteiger partial charge >= 0.3 is 6.92 Å². The highest BCUT2D eigenvalue weighted by Crippen LogP contribution is 2.02. The molecule has 0 aliphatic rings. The lowest BCUT2D eigenvalue weighted by molar-refractivity contribution is 0.475. The molecule has 3 heteroatoms. The van der Waals surface area contributed by atoms with Crippen LogP contribution in [0.2, 0.25) is 6.82 Å². The van der Waals surface area contributed by atoms with Crippen molar-refractivity contribution < 1.29 is 10.1 Å². The zero-order chi connectivity index (χ0) is 7.56. The zero-order valence-electron chi connectivity index (χ0n) is 5.78. The summed E-state index contributed by atoms with van der Waals surface area (Å²) >= 11 is 0. The Morgan fingerprint density at radius 3 is 2.50 bits per heavy atom. The lowest BCUT2D eigenvalue weighted by Gasteiger charge is -1.99. The largest absolute Gasteiger partial charge is 0.508 e. The van der Waals surface area contributed by atoms with Crippen LogP contribution in [0.25, 0.3) is 0 Å². The maximum atomic E-state index is 9.04. The minimum atomic E-state index is -0.507. The molecule has 52 valence electrons. The predicted molar refractivity (Wildman–Crippen MR) is 41.6 cm³/mol. The summed E-state index contributed by atoms with van der Waals surface area (Å²) in [6.45, 7) is 1.15. The molecule has 1 aromatic rings. The molecule has 0 spiro atoms. The molecule has 0 aromatic heterocycles. The lowest BCUT2D eigenvalue weighted by Crippen LogP contribution is -2.25. The van der Waals surface area contributed by atoms with Crippen LogP contribution in [0, 0.1) is 0 Å². The van der Waals surface area contributed by atoms with E-state index in [9.17, 15) is 0 Å². The third-order valence-corrected chi connectivity index (χ3v) is 1.35. The molecule has 0 fully saturated rings. The first-order chi connectivity index (χ1) is 4.70. The van der Waals surface area contributed by atoms with Crippen LogP contribution in [0.15, 0.2) is 24.3 Å². The SMILES string of the molecule is CB(O)c1cccc(O)c1. The van der Waals surface area contributed by atoms with Crippen molar-refractivity contribution in [3.05, 3.63) is 24.3 Å². The van der Waals surface area contributed by atoms with Crippen LogP contribution in [-0.4, -0.2) is 17.0 Å². The van der Waals surface area contributed by atoms with E-state index >= 15 is 0 Å². The van der Waals surface area contributed by atoms with E-state index in [0.717, 1.165) is 5.46 Å². The number of phenols is 1. The van der Waals surface area contributed by atoms with E-state index in [-0.39, 0.29) is 5.75 Å². The molecule has 0 heterocycles. The van der Waals surface area contributed by atoms with Crippen LogP contribution < -0.4 is 5.46 Å². The average Bonchev–Trinajstić information content (AvgIpc) is 1.88. The topological polar surface area (TPSA) is 40.5 Å². The van der Waals surface area contributed by atoms with Crippen LogP contribution >= 0.6 is 0 Å². The fourth-order valence-electron chi connectivity index (χ4n) is 0.785. The van der Waals surface area contributed by atoms with Crippen LogP contribution in [0.1, 0.15) is 0 Å². The van der Waals surface area contributed by atoms with Crippen molar-refractivity contribution in [1.29, 1.82) is 0 Å². The Bertz CT molecular complexity index is 223. The normalized spacial score (nSPS) is 9.40. The van der Waals surface area contributed by atoms with Gasteiger partial charge in [-0.1, -0.05) is 19.0 Å². The van der Waals surface area contributed by atoms with E-state index in [1.807, 2.05) is 0 Å². The Labute approximate surface area is 60.2 Å². The highest BCUT2D eigenvalue weighted by molar-refractivity contribution is 6.64. The van der Waals surface area contributed by atoms with Gasteiger partial charge in [0.2, 0.25) is 0 Å². The molecule has 0 radical (unpaired) electrons. The van der Waals surface area contributed by atoms with E-state index in [2.05, 4.69) is 0 Å². The third kappa shape index (κ3) is 1.51. The zero-order valence-corrected chi connectivity index (χ0v) is 5.78. The Morgan fingerprint density at radius 1 is 1.40 bits per heavy atom. The minimum absolute atomic E-state index is 0.193. The number of benzene rings is 1. The van der Waals surface area contributed by atoms with Crippen molar-refractivity contribution in [3.63, 3.8) is 0 Å². The summed E-state index contributed by atoms with van der Waals surface area (Å²) in [5.74, 6) is 0.193. The van der Waals surface area contributed by atoms with E-state index in [0.29, 0.717) is 0 Å². The molecule has 0 aliphatic heterocycles. The van der Waals surface area contributed by atoms with Gasteiger partial charge in [-0.15, -0.1) is 0 Å². The van der Waals surface area contributed by atoms with Crippen LogP contribution in [0.5, 0.6) is 5.75 Å². The Hall–Kier alpha value is -0.955. The second-order valence-electron chi connectivity index (χ2n) is 2.27. The monoisotopic (exact) mass is 136 g/mol. The quantitative estimate of drug-likeness (QED) is 0.542. The molecule has 0 saturated heterocycles. The lowest BCUT2D eigenvalue weighted by atomic mass is 9.64. The second kappa shape index (κ2) is 2.75. The summed E-state index contributed by atoms with van der Waals surface area (Å²) in [4.78, 5) is 0. The number of hydrogen-bond acceptors (Lipinski definition) is 2. The van der Waals surface area contributed by atoms with Gasteiger partial charge in [0.15, 0.2) is 0 Å². The Kier molecular flexibility index (Phi) is 1.97. The van der Waals surface area contributed by atoms with Crippen molar-refractivity contribution >= 4 is 12.4 Å². The Balaban J connectivity index is 2.96. The second-order valence-corrected chi connectivity index (χ2v) is 2.27. The molecule has 1 rings (SSSR count). The number of aromatic hydroxyl groups is 1. The first-order valence-corrected chi connectivity index (χ1v) is 3.17. The van der Waals surface area contributed by atoms with Gasteiger partial charge < -0.3 is 10.1 Å². The van der Waals surface area contributed by atoms with Crippen molar-refractivity contribution in [2.45, 2.75) is 6.82 Å². The standard InChI is InChI=1S/C7H9BO2/c1-8(10)6-3-2-4-7(9)5-6/h2-5,9-10H,1H3. The summed E-state index contributed by atoms with van der Waals surface area (Å²) in [6, 6.07) is 6.60. The number of phenolic OH excluding ortho intramolecular Hbond substituents is 1. The minimum Gasteiger partial charge on any atom is -0.508 e. The van der Waals surface area contributed by atoms with E-state index in [4.69, 9.17) is 10.1 Å². The molecular formula is C7H9BO2. The summed E-state index contributed by atoms with van der Waals surface area (Å²) in [6.07, 6.45) is 0. The van der Waals surface area contributed by atoms with Crippen LogP contribution in [0.4, 0.5) is 0 Å². The molecule has 0 aliphatic carbocycles. The molecule has 1 aromatic carbocycles. The molecule has 0 amide bonds. The van der Waals surface area contributed by atoms with Crippen molar-refractivity contribution in [2.24, 2.45) is 0 Å². The Morgan fingerprint density at radius 2 is 2.10 bits per heavy atom. The van der Waals surface area contributed by atoms with E-state index < -0.39 is 6.92 Å². The summed E-state index contributed by atoms with van der Waals surface area (Å²) in [5.41, 5.74) is 0.736. The van der Waals surface area contributed by atoms with Crippen molar-refractivity contribution in [3.8, 4) is 5.75 Å². The summed E-state index contributed by atoms with van der Waals surface area (Å²) in [7, 11) is 0. The summed E-state index contributed by atoms with van der Waals surface area (Å²) < 4.78 is 0. The van der Waals surface area contributed by atoms with Crippen LogP contribution in [0.3, 0.4) is 0 Å². The molecule has 0 saturated carbocycles. The highest BCUT2D eigenvalue weighted by Gasteiger charge is 2.05. The fourth-order valence-corrected chi connectivity index (χ4v) is 0.785. The smallest absolute Gasteiger partial charge is 0.320 e. The van der Waals surface area contributed by atoms with Crippen molar-refractivity contribution in [2.75, 3.05) is 0 Å². The van der Waals surface area contributed by atoms with Gasteiger partial charge in [-0.3, -0.25) is 0 Å². The molecular weight excluding hydrogens is 127 g/mol. The average molecular weight is 136 g/mol. The molecule has 0 unspecified atom stereocenters. The molecule has 0 atom stereocenters. The van der Waals surface area contributed by atoms with Gasteiger partial charge in [-0.25, -0.2) is 0 Å². The third-order valence-electron chi connectivity index (χ3n) is 1.35. The molecule has 0 bridgehead atoms. The van der Waals surface area contributed by atoms with Gasteiger partial charge in [0, 0.05) is 0 Å². The fraction of sp³-hybridized carbons (Fsp3) is 0.143. The van der Waals surface area contributed by atoms with Gasteiger partial charge in [-0.2, -0.15) is 0 Å². The van der Waals surface area contributed by atoms with E-state index in [1.54, 1.807) is 31.1 Å². The molecule has 10 heavy (non-hydrogen) atoms. The van der Waals surface area contributed by atoms with Gasteiger partial charge in [0.1, 0.15) is 5.75 Å². The first kappa shape index (κ1) is 7.16. The highest BCUT2D eigenvalue weighted by atomic mass is 16.3.